The van der Waals surface area contributed by atoms with E-state index in [0.29, 0.717) is 30.7 Å². The van der Waals surface area contributed by atoms with Crippen LogP contribution in [0.4, 0.5) is 5.69 Å². The molecule has 2 heterocycles. The second-order valence-electron chi connectivity index (χ2n) is 11.4. The van der Waals surface area contributed by atoms with E-state index in [1.807, 2.05) is 24.3 Å². The third-order valence-electron chi connectivity index (χ3n) is 8.45. The maximum absolute atomic E-state index is 13.4. The minimum atomic E-state index is -3.52. The Morgan fingerprint density at radius 3 is 2.60 bits per heavy atom. The molecule has 2 aliphatic rings. The molecule has 2 aliphatic carbocycles. The summed E-state index contributed by atoms with van der Waals surface area (Å²) in [7, 11) is -2.10. The lowest BCUT2D eigenvalue weighted by molar-refractivity contribution is -0.122. The van der Waals surface area contributed by atoms with Crippen LogP contribution < -0.4 is 21.3 Å². The highest BCUT2D eigenvalue weighted by Gasteiger charge is 2.50. The van der Waals surface area contributed by atoms with Crippen molar-refractivity contribution in [1.29, 1.82) is 0 Å². The molecule has 2 aromatic heterocycles. The van der Waals surface area contributed by atoms with Gasteiger partial charge in [0, 0.05) is 42.9 Å². The van der Waals surface area contributed by atoms with Crippen molar-refractivity contribution in [2.45, 2.75) is 37.8 Å². The van der Waals surface area contributed by atoms with Gasteiger partial charge in [-0.05, 0) is 53.8 Å². The molecule has 1 amide bonds. The molecule has 0 aliphatic heterocycles. The molecule has 0 unspecified atom stereocenters. The van der Waals surface area contributed by atoms with Crippen LogP contribution in [0.1, 0.15) is 22.4 Å². The second-order valence-corrected chi connectivity index (χ2v) is 14.1. The van der Waals surface area contributed by atoms with Crippen LogP contribution in [0.5, 0.6) is 5.75 Å². The van der Waals surface area contributed by atoms with Gasteiger partial charge in [-0.25, -0.2) is 13.2 Å². The van der Waals surface area contributed by atoms with Gasteiger partial charge in [0.1, 0.15) is 27.9 Å². The zero-order valence-electron chi connectivity index (χ0n) is 24.5. The molecule has 0 fully saturated rings. The summed E-state index contributed by atoms with van der Waals surface area (Å²) in [4.78, 5) is 57.6. The molecule has 1 N–H and O–H groups in total. The number of anilines is 1. The highest BCUT2D eigenvalue weighted by atomic mass is 35.5. The Morgan fingerprint density at radius 2 is 1.84 bits per heavy atom. The Balaban J connectivity index is 1.29. The number of halogens is 1. The normalized spacial score (nSPS) is 16.9. The van der Waals surface area contributed by atoms with Gasteiger partial charge in [0.25, 0.3) is 5.56 Å². The summed E-state index contributed by atoms with van der Waals surface area (Å²) in [6.45, 7) is -0.872. The van der Waals surface area contributed by atoms with E-state index < -0.39 is 51.3 Å². The molecular weight excluding hydrogens is 620 g/mol. The SMILES string of the molecule is COc1cccc(-c2cn(CC(=O)Nc3ccc4c(c3)C[C@@]3(C4)C(=O)Cc4ncccc43)c(=O)n(CCS(C)(=O)=O)c2=O)c1Cl. The van der Waals surface area contributed by atoms with Crippen molar-refractivity contribution in [3.63, 3.8) is 0 Å². The molecule has 2 aromatic carbocycles. The summed E-state index contributed by atoms with van der Waals surface area (Å²) in [6.07, 6.45) is 5.30. The van der Waals surface area contributed by atoms with Crippen LogP contribution in [0.3, 0.4) is 0 Å². The lowest BCUT2D eigenvalue weighted by atomic mass is 9.78. The molecule has 45 heavy (non-hydrogen) atoms. The number of methoxy groups -OCH3 is 1. The van der Waals surface area contributed by atoms with E-state index in [1.165, 1.54) is 13.3 Å². The Hall–Kier alpha value is -4.55. The molecule has 232 valence electrons. The molecule has 1 spiro atoms. The first kappa shape index (κ1) is 30.5. The molecule has 0 bridgehead atoms. The number of ketones is 1. The van der Waals surface area contributed by atoms with Gasteiger partial charge in [-0.2, -0.15) is 0 Å². The van der Waals surface area contributed by atoms with E-state index in [9.17, 15) is 27.6 Å². The first-order valence-corrected chi connectivity index (χ1v) is 16.6. The molecule has 4 aromatic rings. The molecule has 6 rings (SSSR count). The van der Waals surface area contributed by atoms with Crippen molar-refractivity contribution in [3.05, 3.63) is 109 Å². The second kappa shape index (κ2) is 11.4. The number of nitrogens with one attached hydrogen (secondary N) is 1. The summed E-state index contributed by atoms with van der Waals surface area (Å²) in [5.74, 6) is -0.574. The van der Waals surface area contributed by atoms with Crippen LogP contribution in [-0.4, -0.2) is 53.3 Å². The van der Waals surface area contributed by atoms with Crippen LogP contribution in [-0.2, 0) is 57.2 Å². The number of sulfone groups is 1. The van der Waals surface area contributed by atoms with Crippen molar-refractivity contribution in [3.8, 4) is 16.9 Å². The topological polar surface area (TPSA) is 146 Å². The Kier molecular flexibility index (Phi) is 7.74. The average Bonchev–Trinajstić information content (AvgIpc) is 3.50. The number of nitrogens with zero attached hydrogens (tertiary/aromatic N) is 3. The summed E-state index contributed by atoms with van der Waals surface area (Å²) < 4.78 is 30.9. The molecule has 0 saturated carbocycles. The number of benzene rings is 2. The minimum absolute atomic E-state index is 0.00127. The summed E-state index contributed by atoms with van der Waals surface area (Å²) in [5.41, 5.74) is 2.22. The number of hydrogen-bond acceptors (Lipinski definition) is 8. The molecular formula is C32H29ClN4O7S. The van der Waals surface area contributed by atoms with Gasteiger partial charge < -0.3 is 10.1 Å². The average molecular weight is 649 g/mol. The fourth-order valence-electron chi connectivity index (χ4n) is 6.26. The Labute approximate surface area is 263 Å². The maximum Gasteiger partial charge on any atom is 0.331 e. The smallest absolute Gasteiger partial charge is 0.331 e. The number of rotatable bonds is 8. The Bertz CT molecular complexity index is 2120. The van der Waals surface area contributed by atoms with Crippen molar-refractivity contribution in [2.75, 3.05) is 24.4 Å². The fourth-order valence-corrected chi connectivity index (χ4v) is 7.08. The zero-order chi connectivity index (χ0) is 32.1. The summed E-state index contributed by atoms with van der Waals surface area (Å²) >= 11 is 6.49. The van der Waals surface area contributed by atoms with Crippen LogP contribution in [0.15, 0.2) is 70.5 Å². The first-order valence-electron chi connectivity index (χ1n) is 14.1. The number of carbonyl (C=O) groups excluding carboxylic acids is 2. The van der Waals surface area contributed by atoms with Crippen LogP contribution in [0.25, 0.3) is 11.1 Å². The third-order valence-corrected chi connectivity index (χ3v) is 9.77. The largest absolute Gasteiger partial charge is 0.495 e. The zero-order valence-corrected chi connectivity index (χ0v) is 26.1. The third kappa shape index (κ3) is 5.59. The van der Waals surface area contributed by atoms with Gasteiger partial charge in [-0.15, -0.1) is 0 Å². The molecule has 0 saturated heterocycles. The fraction of sp³-hybridized carbons (Fsp3) is 0.281. The van der Waals surface area contributed by atoms with E-state index in [4.69, 9.17) is 16.3 Å². The van der Waals surface area contributed by atoms with Gasteiger partial charge in [-0.3, -0.25) is 28.5 Å². The van der Waals surface area contributed by atoms with Crippen molar-refractivity contribution in [1.82, 2.24) is 14.1 Å². The van der Waals surface area contributed by atoms with Crippen molar-refractivity contribution < 1.29 is 22.7 Å². The highest BCUT2D eigenvalue weighted by Crippen LogP contribution is 2.46. The van der Waals surface area contributed by atoms with E-state index >= 15 is 0 Å². The van der Waals surface area contributed by atoms with Gasteiger partial charge in [0.2, 0.25) is 5.91 Å². The molecule has 13 heteroatoms. The number of aromatic nitrogens is 3. The van der Waals surface area contributed by atoms with Crippen LogP contribution in [0.2, 0.25) is 5.02 Å². The predicted octanol–water partition coefficient (Wildman–Crippen LogP) is 2.58. The molecule has 1 atom stereocenters. The number of fused-ring (bicyclic) bond motifs is 3. The first-order chi connectivity index (χ1) is 21.4. The number of Topliss-reactive ketones (excluding diaryl/α,β-unsaturated/α-hetero) is 1. The minimum Gasteiger partial charge on any atom is -0.495 e. The number of pyridine rings is 1. The number of amides is 1. The highest BCUT2D eigenvalue weighted by molar-refractivity contribution is 7.90. The van der Waals surface area contributed by atoms with Gasteiger partial charge in [-0.1, -0.05) is 35.9 Å². The van der Waals surface area contributed by atoms with E-state index in [1.54, 1.807) is 30.5 Å². The number of ether oxygens (including phenoxy) is 1. The van der Waals surface area contributed by atoms with Crippen LogP contribution >= 0.6 is 11.6 Å². The molecule has 11 nitrogen and oxygen atoms in total. The van der Waals surface area contributed by atoms with Crippen molar-refractivity contribution in [2.24, 2.45) is 0 Å². The predicted molar refractivity (Wildman–Crippen MR) is 169 cm³/mol. The summed E-state index contributed by atoms with van der Waals surface area (Å²) in [5, 5.41) is 2.93. The molecule has 0 radical (unpaired) electrons. The lowest BCUT2D eigenvalue weighted by Crippen LogP contribution is -2.43. The van der Waals surface area contributed by atoms with Crippen molar-refractivity contribution >= 4 is 38.8 Å². The van der Waals surface area contributed by atoms with E-state index in [0.717, 1.165) is 37.8 Å². The number of carbonyl (C=O) groups is 2. The van der Waals surface area contributed by atoms with Gasteiger partial charge >= 0.3 is 5.69 Å². The quantitative estimate of drug-likeness (QED) is 0.307. The maximum atomic E-state index is 13.4. The lowest BCUT2D eigenvalue weighted by Gasteiger charge is -2.22. The van der Waals surface area contributed by atoms with Gasteiger partial charge in [0.15, 0.2) is 0 Å². The Morgan fingerprint density at radius 1 is 1.07 bits per heavy atom. The van der Waals surface area contributed by atoms with Gasteiger partial charge in [0.05, 0.1) is 34.6 Å². The number of hydrogen-bond donors (Lipinski definition) is 1. The monoisotopic (exact) mass is 648 g/mol. The van der Waals surface area contributed by atoms with E-state index in [2.05, 4.69) is 10.3 Å². The van der Waals surface area contributed by atoms with E-state index in [-0.39, 0.29) is 21.9 Å². The summed E-state index contributed by atoms with van der Waals surface area (Å²) in [6, 6.07) is 14.1. The standard InChI is InChI=1S/C32H29ClN4O7S/c1-44-26-7-3-5-22(29(26)33)23-17-36(31(41)37(30(23)40)11-12-45(2,42)43)18-28(39)35-21-9-8-19-15-32(16-20(19)13-21)24-6-4-10-34-25(24)14-27(32)38/h3-10,13,17H,11-12,14-16,18H2,1-2H3,(H,35,39)/t32-/m1/s1. The van der Waals surface area contributed by atoms with Crippen LogP contribution in [0, 0.1) is 0 Å².